The number of carbonyl (C=O) groups is 4. The van der Waals surface area contributed by atoms with Crippen molar-refractivity contribution in [2.75, 3.05) is 52.5 Å². The monoisotopic (exact) mass is 517 g/mol. The number of amides is 4. The van der Waals surface area contributed by atoms with Crippen LogP contribution in [0.25, 0.3) is 0 Å². The summed E-state index contributed by atoms with van der Waals surface area (Å²) in [6.45, 7) is 8.46. The zero-order valence-corrected chi connectivity index (χ0v) is 21.7. The molecule has 0 aromatic heterocycles. The van der Waals surface area contributed by atoms with Gasteiger partial charge in [-0.2, -0.15) is 0 Å². The largest absolute Gasteiger partial charge is 0.493 e. The Labute approximate surface area is 218 Å². The molecule has 2 aliphatic heterocycles. The number of benzene rings is 1. The van der Waals surface area contributed by atoms with Crippen LogP contribution in [0.15, 0.2) is 24.3 Å². The number of hydrogen-bond acceptors (Lipinski definition) is 7. The summed E-state index contributed by atoms with van der Waals surface area (Å²) in [5.74, 6) is -1.23. The van der Waals surface area contributed by atoms with Gasteiger partial charge in [-0.3, -0.25) is 24.1 Å². The minimum Gasteiger partial charge on any atom is -0.493 e. The van der Waals surface area contributed by atoms with Crippen molar-refractivity contribution in [3.63, 3.8) is 0 Å². The fourth-order valence-corrected chi connectivity index (χ4v) is 4.24. The van der Waals surface area contributed by atoms with Crippen LogP contribution in [0.2, 0.25) is 0 Å². The van der Waals surface area contributed by atoms with Crippen molar-refractivity contribution in [3.8, 4) is 5.75 Å². The lowest BCUT2D eigenvalue weighted by molar-refractivity contribution is -0.131. The molecule has 4 amide bonds. The minimum absolute atomic E-state index is 0.162. The number of nitrogens with zero attached hydrogens (tertiary/aromatic N) is 1. The molecule has 1 aromatic carbocycles. The number of para-hydroxylation sites is 1. The Kier molecular flexibility index (Phi) is 11.2. The van der Waals surface area contributed by atoms with E-state index < -0.39 is 29.8 Å². The molecular formula is C26H39N5O6. The molecule has 1 fully saturated rings. The first-order valence-electron chi connectivity index (χ1n) is 13.0. The number of nitrogens with one attached hydrogen (secondary N) is 4. The highest BCUT2D eigenvalue weighted by molar-refractivity contribution is 6.01. The molecule has 0 saturated carbocycles. The van der Waals surface area contributed by atoms with E-state index >= 15 is 0 Å². The Morgan fingerprint density at radius 3 is 2.62 bits per heavy atom. The molecular weight excluding hydrogens is 478 g/mol. The van der Waals surface area contributed by atoms with Gasteiger partial charge in [-0.1, -0.05) is 26.0 Å². The van der Waals surface area contributed by atoms with E-state index in [1.54, 1.807) is 24.3 Å². The van der Waals surface area contributed by atoms with Crippen molar-refractivity contribution < 1.29 is 28.7 Å². The quantitative estimate of drug-likeness (QED) is 0.418. The van der Waals surface area contributed by atoms with Crippen LogP contribution in [-0.4, -0.2) is 93.2 Å². The molecule has 0 bridgehead atoms. The molecule has 0 unspecified atom stereocenters. The fourth-order valence-electron chi connectivity index (χ4n) is 4.24. The molecule has 2 atom stereocenters. The first-order chi connectivity index (χ1) is 17.8. The molecule has 11 heteroatoms. The second-order valence-corrected chi connectivity index (χ2v) is 9.71. The van der Waals surface area contributed by atoms with Crippen molar-refractivity contribution in [1.82, 2.24) is 26.2 Å². The van der Waals surface area contributed by atoms with E-state index in [9.17, 15) is 19.2 Å². The van der Waals surface area contributed by atoms with Crippen LogP contribution in [-0.2, 0) is 19.1 Å². The third kappa shape index (κ3) is 9.32. The highest BCUT2D eigenvalue weighted by Crippen LogP contribution is 2.18. The van der Waals surface area contributed by atoms with Gasteiger partial charge in [0, 0.05) is 32.7 Å². The van der Waals surface area contributed by atoms with Crippen LogP contribution in [0.3, 0.4) is 0 Å². The van der Waals surface area contributed by atoms with Gasteiger partial charge in [0.05, 0.1) is 31.8 Å². The van der Waals surface area contributed by atoms with Gasteiger partial charge in [-0.05, 0) is 30.9 Å². The maximum absolute atomic E-state index is 13.2. The van der Waals surface area contributed by atoms with Crippen LogP contribution < -0.4 is 26.0 Å². The first-order valence-corrected chi connectivity index (χ1v) is 13.0. The lowest BCUT2D eigenvalue weighted by atomic mass is 10.0. The zero-order valence-electron chi connectivity index (χ0n) is 21.7. The number of ether oxygens (including phenoxy) is 2. The summed E-state index contributed by atoms with van der Waals surface area (Å²) in [5, 5.41) is 11.1. The number of carbonyl (C=O) groups excluding carboxylic acids is 4. The third-order valence-corrected chi connectivity index (χ3v) is 6.21. The van der Waals surface area contributed by atoms with Crippen LogP contribution in [0.5, 0.6) is 5.75 Å². The summed E-state index contributed by atoms with van der Waals surface area (Å²) in [7, 11) is 0. The van der Waals surface area contributed by atoms with Gasteiger partial charge >= 0.3 is 0 Å². The topological polar surface area (TPSA) is 138 Å². The molecule has 2 heterocycles. The summed E-state index contributed by atoms with van der Waals surface area (Å²) in [6.07, 6.45) is 0.667. The summed E-state index contributed by atoms with van der Waals surface area (Å²) < 4.78 is 11.1. The number of rotatable bonds is 6. The van der Waals surface area contributed by atoms with Gasteiger partial charge in [-0.25, -0.2) is 0 Å². The first kappa shape index (κ1) is 28.4. The van der Waals surface area contributed by atoms with Crippen LogP contribution in [0.4, 0.5) is 0 Å². The highest BCUT2D eigenvalue weighted by atomic mass is 16.5. The lowest BCUT2D eigenvalue weighted by Gasteiger charge is -2.27. The smallest absolute Gasteiger partial charge is 0.255 e. The minimum atomic E-state index is -1.13. The highest BCUT2D eigenvalue weighted by Gasteiger charge is 2.28. The summed E-state index contributed by atoms with van der Waals surface area (Å²) >= 11 is 0. The normalized spacial score (nSPS) is 22.4. The Morgan fingerprint density at radius 1 is 1.11 bits per heavy atom. The molecule has 204 valence electrons. The van der Waals surface area contributed by atoms with Crippen molar-refractivity contribution in [2.45, 2.75) is 45.2 Å². The number of hydrogen-bond donors (Lipinski definition) is 4. The van der Waals surface area contributed by atoms with E-state index in [1.807, 2.05) is 13.8 Å². The molecule has 1 saturated heterocycles. The van der Waals surface area contributed by atoms with Crippen molar-refractivity contribution in [1.29, 1.82) is 0 Å². The van der Waals surface area contributed by atoms with Gasteiger partial charge in [0.25, 0.3) is 5.91 Å². The molecule has 3 rings (SSSR count). The third-order valence-electron chi connectivity index (χ3n) is 6.21. The zero-order chi connectivity index (χ0) is 26.6. The SMILES string of the molecule is CC(C)C[C@@H]1NC(=O)C[C@@H](C(=O)NCCN2CCOCC2)NC(=O)c2ccccc2OCCCNC1=O. The fraction of sp³-hybridized carbons (Fsp3) is 0.615. The summed E-state index contributed by atoms with van der Waals surface area (Å²) in [5.41, 5.74) is 0.269. The summed E-state index contributed by atoms with van der Waals surface area (Å²) in [4.78, 5) is 54.2. The van der Waals surface area contributed by atoms with E-state index in [2.05, 4.69) is 26.2 Å². The summed E-state index contributed by atoms with van der Waals surface area (Å²) in [6, 6.07) is 4.87. The van der Waals surface area contributed by atoms with E-state index in [-0.39, 0.29) is 30.4 Å². The van der Waals surface area contributed by atoms with E-state index in [0.29, 0.717) is 51.4 Å². The predicted octanol–water partition coefficient (Wildman–Crippen LogP) is 0.0531. The Hall–Kier alpha value is -3.18. The van der Waals surface area contributed by atoms with Gasteiger partial charge < -0.3 is 30.7 Å². The van der Waals surface area contributed by atoms with Gasteiger partial charge in [0.2, 0.25) is 17.7 Å². The average Bonchev–Trinajstić information content (AvgIpc) is 2.87. The van der Waals surface area contributed by atoms with Crippen LogP contribution in [0.1, 0.15) is 43.5 Å². The van der Waals surface area contributed by atoms with E-state index in [0.717, 1.165) is 13.1 Å². The Bertz CT molecular complexity index is 934. The Morgan fingerprint density at radius 2 is 1.86 bits per heavy atom. The van der Waals surface area contributed by atoms with E-state index in [1.165, 1.54) is 0 Å². The maximum Gasteiger partial charge on any atom is 0.255 e. The average molecular weight is 518 g/mol. The van der Waals surface area contributed by atoms with E-state index in [4.69, 9.17) is 9.47 Å². The standard InChI is InChI=1S/C26H39N5O6/c1-18(2)16-20-25(34)27-8-5-13-37-22-7-4-3-6-19(22)24(33)30-21(17-23(32)29-20)26(35)28-9-10-31-11-14-36-15-12-31/h3-4,6-7,18,20-21H,5,8-17H2,1-2H3,(H,27,34)(H,28,35)(H,29,32)(H,30,33)/t20-,21-/m0/s1. The lowest BCUT2D eigenvalue weighted by Crippen LogP contribution is -2.53. The second kappa shape index (κ2) is 14.5. The van der Waals surface area contributed by atoms with Crippen molar-refractivity contribution in [2.24, 2.45) is 5.92 Å². The van der Waals surface area contributed by atoms with Gasteiger partial charge in [0.15, 0.2) is 0 Å². The predicted molar refractivity (Wildman–Crippen MR) is 137 cm³/mol. The number of fused-ring (bicyclic) bond motifs is 1. The van der Waals surface area contributed by atoms with Crippen molar-refractivity contribution >= 4 is 23.6 Å². The molecule has 2 aliphatic rings. The van der Waals surface area contributed by atoms with Gasteiger partial charge in [0.1, 0.15) is 17.8 Å². The molecule has 4 N–H and O–H groups in total. The van der Waals surface area contributed by atoms with Crippen LogP contribution in [0, 0.1) is 5.92 Å². The molecule has 1 aromatic rings. The molecule has 37 heavy (non-hydrogen) atoms. The number of morpholine rings is 1. The Balaban J connectivity index is 1.75. The molecule has 0 spiro atoms. The second-order valence-electron chi connectivity index (χ2n) is 9.71. The van der Waals surface area contributed by atoms with Gasteiger partial charge in [-0.15, -0.1) is 0 Å². The van der Waals surface area contributed by atoms with Crippen LogP contribution >= 0.6 is 0 Å². The maximum atomic E-state index is 13.2. The molecule has 0 radical (unpaired) electrons. The van der Waals surface area contributed by atoms with Crippen molar-refractivity contribution in [3.05, 3.63) is 29.8 Å². The molecule has 0 aliphatic carbocycles. The molecule has 11 nitrogen and oxygen atoms in total.